The summed E-state index contributed by atoms with van der Waals surface area (Å²) >= 11 is 0. The monoisotopic (exact) mass is 225 g/mol. The van der Waals surface area contributed by atoms with Gasteiger partial charge < -0.3 is 15.2 Å². The van der Waals surface area contributed by atoms with Gasteiger partial charge in [-0.15, -0.1) is 0 Å². The van der Waals surface area contributed by atoms with Gasteiger partial charge in [-0.3, -0.25) is 9.59 Å². The van der Waals surface area contributed by atoms with Crippen LogP contribution in [0.3, 0.4) is 0 Å². The van der Waals surface area contributed by atoms with E-state index in [0.29, 0.717) is 6.54 Å². The number of carbonyl (C=O) groups is 2. The van der Waals surface area contributed by atoms with Gasteiger partial charge in [0.2, 0.25) is 5.91 Å². The predicted molar refractivity (Wildman–Crippen MR) is 53.1 cm³/mol. The Morgan fingerprint density at radius 2 is 2.31 bits per heavy atom. The molecule has 3 rings (SSSR count). The zero-order valence-corrected chi connectivity index (χ0v) is 9.05. The van der Waals surface area contributed by atoms with E-state index in [4.69, 9.17) is 4.74 Å². The topological polar surface area (TPSA) is 75.6 Å². The summed E-state index contributed by atoms with van der Waals surface area (Å²) in [4.78, 5) is 23.5. The molecular formula is C11H15NO4. The Bertz CT molecular complexity index is 356. The second-order valence-corrected chi connectivity index (χ2v) is 4.90. The van der Waals surface area contributed by atoms with Crippen molar-refractivity contribution < 1.29 is 19.4 Å². The standard InChI is InChI=1S/C11H15NO4/c1-2-12-10(14)6-4-3-5-7(6)11(15)16-9(5)8(4)13/h4-9,13H,2-3H2,1H3,(H,12,14). The lowest BCUT2D eigenvalue weighted by atomic mass is 9.78. The Balaban J connectivity index is 1.90. The summed E-state index contributed by atoms with van der Waals surface area (Å²) in [6.07, 6.45) is -0.266. The average molecular weight is 225 g/mol. The van der Waals surface area contributed by atoms with E-state index in [1.807, 2.05) is 6.92 Å². The van der Waals surface area contributed by atoms with Crippen LogP contribution in [0.2, 0.25) is 0 Å². The van der Waals surface area contributed by atoms with E-state index in [2.05, 4.69) is 5.32 Å². The first-order chi connectivity index (χ1) is 7.65. The van der Waals surface area contributed by atoms with E-state index in [9.17, 15) is 14.7 Å². The summed E-state index contributed by atoms with van der Waals surface area (Å²) in [7, 11) is 0. The van der Waals surface area contributed by atoms with Gasteiger partial charge in [-0.2, -0.15) is 0 Å². The van der Waals surface area contributed by atoms with Gasteiger partial charge >= 0.3 is 5.97 Å². The number of fused-ring (bicyclic) bond motifs is 1. The van der Waals surface area contributed by atoms with Crippen molar-refractivity contribution in [1.82, 2.24) is 5.32 Å². The van der Waals surface area contributed by atoms with Gasteiger partial charge in [0.25, 0.3) is 0 Å². The highest BCUT2D eigenvalue weighted by Crippen LogP contribution is 2.57. The number of hydrogen-bond donors (Lipinski definition) is 2. The van der Waals surface area contributed by atoms with Gasteiger partial charge in [0.05, 0.1) is 17.9 Å². The molecule has 0 radical (unpaired) electrons. The Hall–Kier alpha value is -1.10. The lowest BCUT2D eigenvalue weighted by Gasteiger charge is -2.27. The molecule has 16 heavy (non-hydrogen) atoms. The molecule has 2 bridgehead atoms. The first-order valence-corrected chi connectivity index (χ1v) is 5.81. The van der Waals surface area contributed by atoms with E-state index in [1.165, 1.54) is 0 Å². The van der Waals surface area contributed by atoms with Gasteiger partial charge in [0.1, 0.15) is 6.10 Å². The van der Waals surface area contributed by atoms with Crippen LogP contribution in [0.1, 0.15) is 13.3 Å². The third-order valence-electron chi connectivity index (χ3n) is 4.23. The molecule has 1 heterocycles. The van der Waals surface area contributed by atoms with E-state index in [-0.39, 0.29) is 41.7 Å². The van der Waals surface area contributed by atoms with Crippen molar-refractivity contribution in [3.8, 4) is 0 Å². The smallest absolute Gasteiger partial charge is 0.310 e. The minimum Gasteiger partial charge on any atom is -0.459 e. The molecule has 2 N–H and O–H groups in total. The van der Waals surface area contributed by atoms with Gasteiger partial charge in [0.15, 0.2) is 0 Å². The maximum Gasteiger partial charge on any atom is 0.310 e. The number of esters is 1. The lowest BCUT2D eigenvalue weighted by molar-refractivity contribution is -0.147. The minimum atomic E-state index is -0.652. The van der Waals surface area contributed by atoms with Crippen LogP contribution in [0.25, 0.3) is 0 Å². The fraction of sp³-hybridized carbons (Fsp3) is 0.818. The molecule has 5 heteroatoms. The van der Waals surface area contributed by atoms with Crippen LogP contribution < -0.4 is 5.32 Å². The van der Waals surface area contributed by atoms with Crippen molar-refractivity contribution >= 4 is 11.9 Å². The molecule has 1 aliphatic heterocycles. The van der Waals surface area contributed by atoms with Gasteiger partial charge in [0, 0.05) is 18.4 Å². The van der Waals surface area contributed by atoms with Crippen molar-refractivity contribution in [1.29, 1.82) is 0 Å². The first kappa shape index (κ1) is 10.1. The van der Waals surface area contributed by atoms with Crippen LogP contribution >= 0.6 is 0 Å². The zero-order chi connectivity index (χ0) is 11.4. The molecule has 3 aliphatic rings. The molecule has 88 valence electrons. The highest BCUT2D eigenvalue weighted by molar-refractivity contribution is 5.88. The number of hydrogen-bond acceptors (Lipinski definition) is 4. The van der Waals surface area contributed by atoms with Crippen LogP contribution in [0.4, 0.5) is 0 Å². The molecule has 5 nitrogen and oxygen atoms in total. The zero-order valence-electron chi connectivity index (χ0n) is 9.05. The number of nitrogens with one attached hydrogen (secondary N) is 1. The normalized spacial score (nSPS) is 48.2. The second kappa shape index (κ2) is 3.20. The maximum absolute atomic E-state index is 11.9. The largest absolute Gasteiger partial charge is 0.459 e. The summed E-state index contributed by atoms with van der Waals surface area (Å²) in [5.74, 6) is -1.16. The Morgan fingerprint density at radius 3 is 3.00 bits per heavy atom. The Kier molecular flexibility index (Phi) is 2.01. The van der Waals surface area contributed by atoms with Crippen molar-refractivity contribution in [2.24, 2.45) is 23.7 Å². The average Bonchev–Trinajstić information content (AvgIpc) is 2.82. The summed E-state index contributed by atoms with van der Waals surface area (Å²) in [5.41, 5.74) is 0. The molecule has 2 saturated carbocycles. The van der Waals surface area contributed by atoms with E-state index >= 15 is 0 Å². The summed E-state index contributed by atoms with van der Waals surface area (Å²) in [6.45, 7) is 2.39. The second-order valence-electron chi connectivity index (χ2n) is 4.90. The van der Waals surface area contributed by atoms with Gasteiger partial charge in [-0.05, 0) is 13.3 Å². The number of aliphatic hydroxyl groups is 1. The highest BCUT2D eigenvalue weighted by atomic mass is 16.6. The molecule has 0 aromatic heterocycles. The number of carbonyl (C=O) groups excluding carboxylic acids is 2. The Morgan fingerprint density at radius 1 is 1.56 bits per heavy atom. The molecule has 0 aromatic carbocycles. The van der Waals surface area contributed by atoms with Gasteiger partial charge in [-0.1, -0.05) is 0 Å². The molecule has 2 aliphatic carbocycles. The molecule has 3 fully saturated rings. The van der Waals surface area contributed by atoms with Crippen LogP contribution in [-0.2, 0) is 14.3 Å². The molecule has 1 amide bonds. The van der Waals surface area contributed by atoms with Gasteiger partial charge in [-0.25, -0.2) is 0 Å². The molecule has 6 atom stereocenters. The summed E-state index contributed by atoms with van der Waals surface area (Å²) in [5, 5.41) is 12.7. The SMILES string of the molecule is CCNC(=O)C1C2CC3C(OC(=O)C31)C2O. The maximum atomic E-state index is 11.9. The third-order valence-corrected chi connectivity index (χ3v) is 4.23. The van der Waals surface area contributed by atoms with E-state index < -0.39 is 6.10 Å². The van der Waals surface area contributed by atoms with Crippen LogP contribution in [0.5, 0.6) is 0 Å². The fourth-order valence-electron chi connectivity index (χ4n) is 3.67. The highest BCUT2D eigenvalue weighted by Gasteiger charge is 2.68. The van der Waals surface area contributed by atoms with Crippen molar-refractivity contribution in [3.05, 3.63) is 0 Å². The molecular weight excluding hydrogens is 210 g/mol. The molecule has 1 saturated heterocycles. The number of amides is 1. The molecule has 0 spiro atoms. The number of aliphatic hydroxyl groups excluding tert-OH is 1. The van der Waals surface area contributed by atoms with Crippen molar-refractivity contribution in [3.63, 3.8) is 0 Å². The van der Waals surface area contributed by atoms with Crippen LogP contribution in [-0.4, -0.2) is 35.7 Å². The molecule has 0 aromatic rings. The van der Waals surface area contributed by atoms with E-state index in [0.717, 1.165) is 6.42 Å². The van der Waals surface area contributed by atoms with E-state index in [1.54, 1.807) is 0 Å². The fourth-order valence-corrected chi connectivity index (χ4v) is 3.67. The molecule has 6 unspecified atom stereocenters. The van der Waals surface area contributed by atoms with Crippen LogP contribution in [0.15, 0.2) is 0 Å². The lowest BCUT2D eigenvalue weighted by Crippen LogP contribution is -2.44. The van der Waals surface area contributed by atoms with Crippen LogP contribution in [0, 0.1) is 23.7 Å². The third kappa shape index (κ3) is 1.04. The predicted octanol–water partition coefficient (Wildman–Crippen LogP) is -0.709. The number of ether oxygens (including phenoxy) is 1. The number of rotatable bonds is 2. The quantitative estimate of drug-likeness (QED) is 0.609. The van der Waals surface area contributed by atoms with Crippen molar-refractivity contribution in [2.75, 3.05) is 6.54 Å². The Labute approximate surface area is 93.2 Å². The minimum absolute atomic E-state index is 0.0557. The van der Waals surface area contributed by atoms with Crippen molar-refractivity contribution in [2.45, 2.75) is 25.6 Å². The first-order valence-electron chi connectivity index (χ1n) is 5.81. The summed E-state index contributed by atoms with van der Waals surface area (Å²) < 4.78 is 5.14. The summed E-state index contributed by atoms with van der Waals surface area (Å²) in [6, 6.07) is 0.